The fourth-order valence-electron chi connectivity index (χ4n) is 3.15. The Kier molecular flexibility index (Phi) is 4.63. The number of carbonyl (C=O) groups is 1. The summed E-state index contributed by atoms with van der Waals surface area (Å²) in [5.74, 6) is 2.76. The van der Waals surface area contributed by atoms with Crippen LogP contribution in [-0.2, 0) is 4.79 Å². The van der Waals surface area contributed by atoms with Crippen LogP contribution in [0.25, 0.3) is 0 Å². The summed E-state index contributed by atoms with van der Waals surface area (Å²) in [5.41, 5.74) is 1.43. The van der Waals surface area contributed by atoms with Gasteiger partial charge in [0.15, 0.2) is 0 Å². The minimum Gasteiger partial charge on any atom is -0.341 e. The van der Waals surface area contributed by atoms with Crippen molar-refractivity contribution in [3.05, 3.63) is 35.9 Å². The first kappa shape index (κ1) is 14.0. The van der Waals surface area contributed by atoms with Gasteiger partial charge in [-0.3, -0.25) is 10.1 Å². The Hall–Kier alpha value is -1.00. The van der Waals surface area contributed by atoms with E-state index in [9.17, 15) is 4.79 Å². The first-order valence-electron chi connectivity index (χ1n) is 7.49. The lowest BCUT2D eigenvalue weighted by atomic mass is 9.92. The zero-order valence-corrected chi connectivity index (χ0v) is 12.6. The van der Waals surface area contributed by atoms with Crippen LogP contribution in [0.2, 0.25) is 0 Å². The van der Waals surface area contributed by atoms with Crippen LogP contribution >= 0.6 is 11.8 Å². The van der Waals surface area contributed by atoms with Crippen LogP contribution < -0.4 is 5.32 Å². The van der Waals surface area contributed by atoms with Crippen molar-refractivity contribution in [3.63, 3.8) is 0 Å². The summed E-state index contributed by atoms with van der Waals surface area (Å²) in [7, 11) is 0. The van der Waals surface area contributed by atoms with Gasteiger partial charge < -0.3 is 4.90 Å². The molecule has 2 saturated heterocycles. The molecule has 1 N–H and O–H groups in total. The number of hydrogen-bond donors (Lipinski definition) is 1. The van der Waals surface area contributed by atoms with Crippen molar-refractivity contribution in [3.8, 4) is 0 Å². The predicted octanol–water partition coefficient (Wildman–Crippen LogP) is 2.45. The van der Waals surface area contributed by atoms with Gasteiger partial charge in [-0.2, -0.15) is 0 Å². The number of likely N-dealkylation sites (tertiary alicyclic amines) is 1. The predicted molar refractivity (Wildman–Crippen MR) is 83.9 cm³/mol. The van der Waals surface area contributed by atoms with Crippen molar-refractivity contribution < 1.29 is 4.79 Å². The molecule has 1 aromatic carbocycles. The third-order valence-electron chi connectivity index (χ3n) is 4.33. The van der Waals surface area contributed by atoms with E-state index in [0.29, 0.717) is 11.8 Å². The molecule has 0 aromatic heterocycles. The molecule has 108 valence electrons. The molecule has 3 nitrogen and oxygen atoms in total. The van der Waals surface area contributed by atoms with E-state index in [1.54, 1.807) is 0 Å². The Morgan fingerprint density at radius 1 is 1.20 bits per heavy atom. The number of hydrogen-bond acceptors (Lipinski definition) is 3. The van der Waals surface area contributed by atoms with E-state index >= 15 is 0 Å². The standard InChI is InChI=1S/C16H22N2OS/c19-16(15-11-20-12-17-15)18-9-4-7-14(8-10-18)13-5-2-1-3-6-13/h1-3,5-6,14-15,17H,4,7-12H2. The van der Waals surface area contributed by atoms with Crippen LogP contribution in [-0.4, -0.2) is 41.6 Å². The molecule has 2 aliphatic rings. The number of nitrogens with zero attached hydrogens (tertiary/aromatic N) is 1. The highest BCUT2D eigenvalue weighted by molar-refractivity contribution is 7.99. The third-order valence-corrected chi connectivity index (χ3v) is 5.26. The second-order valence-electron chi connectivity index (χ2n) is 5.64. The molecule has 2 unspecified atom stereocenters. The number of carbonyl (C=O) groups excluding carboxylic acids is 1. The molecule has 2 heterocycles. The second-order valence-corrected chi connectivity index (χ2v) is 6.67. The average Bonchev–Trinajstić information content (AvgIpc) is 2.92. The van der Waals surface area contributed by atoms with Crippen LogP contribution in [0, 0.1) is 0 Å². The van der Waals surface area contributed by atoms with Crippen LogP contribution in [0.1, 0.15) is 30.7 Å². The molecule has 0 aliphatic carbocycles. The molecule has 20 heavy (non-hydrogen) atoms. The van der Waals surface area contributed by atoms with E-state index in [4.69, 9.17) is 0 Å². The second kappa shape index (κ2) is 6.64. The largest absolute Gasteiger partial charge is 0.341 e. The van der Waals surface area contributed by atoms with Crippen LogP contribution in [0.5, 0.6) is 0 Å². The Morgan fingerprint density at radius 2 is 2.05 bits per heavy atom. The monoisotopic (exact) mass is 290 g/mol. The molecule has 2 aliphatic heterocycles. The third kappa shape index (κ3) is 3.18. The number of rotatable bonds is 2. The Balaban J connectivity index is 1.60. The molecule has 0 spiro atoms. The minimum absolute atomic E-state index is 0.0493. The summed E-state index contributed by atoms with van der Waals surface area (Å²) in [5, 5.41) is 3.29. The Bertz CT molecular complexity index is 445. The van der Waals surface area contributed by atoms with E-state index in [-0.39, 0.29) is 6.04 Å². The number of nitrogens with one attached hydrogen (secondary N) is 1. The highest BCUT2D eigenvalue weighted by Crippen LogP contribution is 2.28. The smallest absolute Gasteiger partial charge is 0.240 e. The molecular weight excluding hydrogens is 268 g/mol. The van der Waals surface area contributed by atoms with Gasteiger partial charge in [0.1, 0.15) is 0 Å². The zero-order valence-electron chi connectivity index (χ0n) is 11.8. The lowest BCUT2D eigenvalue weighted by molar-refractivity contribution is -0.132. The molecule has 2 fully saturated rings. The van der Waals surface area contributed by atoms with Gasteiger partial charge in [-0.25, -0.2) is 0 Å². The highest BCUT2D eigenvalue weighted by Gasteiger charge is 2.29. The SMILES string of the molecule is O=C(C1CSCN1)N1CCCC(c2ccccc2)CC1. The van der Waals surface area contributed by atoms with E-state index in [1.807, 2.05) is 11.8 Å². The van der Waals surface area contributed by atoms with Gasteiger partial charge in [-0.05, 0) is 30.7 Å². The van der Waals surface area contributed by atoms with Crippen LogP contribution in [0.3, 0.4) is 0 Å². The summed E-state index contributed by atoms with van der Waals surface area (Å²) in [4.78, 5) is 14.5. The van der Waals surface area contributed by atoms with E-state index in [2.05, 4.69) is 40.5 Å². The van der Waals surface area contributed by atoms with Gasteiger partial charge in [-0.1, -0.05) is 30.3 Å². The fourth-order valence-corrected chi connectivity index (χ4v) is 4.08. The minimum atomic E-state index is 0.0493. The maximum atomic E-state index is 12.4. The van der Waals surface area contributed by atoms with Gasteiger partial charge in [0.25, 0.3) is 0 Å². The average molecular weight is 290 g/mol. The van der Waals surface area contributed by atoms with Gasteiger partial charge in [0.2, 0.25) is 5.91 Å². The number of amides is 1. The zero-order chi connectivity index (χ0) is 13.8. The molecule has 0 bridgehead atoms. The molecule has 1 amide bonds. The maximum absolute atomic E-state index is 12.4. The van der Waals surface area contributed by atoms with E-state index in [1.165, 1.54) is 12.0 Å². The van der Waals surface area contributed by atoms with E-state index in [0.717, 1.165) is 37.6 Å². The van der Waals surface area contributed by atoms with Gasteiger partial charge in [-0.15, -0.1) is 11.8 Å². The van der Waals surface area contributed by atoms with Gasteiger partial charge in [0, 0.05) is 24.7 Å². The molecule has 4 heteroatoms. The molecule has 0 radical (unpaired) electrons. The Labute approximate surface area is 125 Å². The van der Waals surface area contributed by atoms with Crippen LogP contribution in [0.4, 0.5) is 0 Å². The van der Waals surface area contributed by atoms with Crippen molar-refractivity contribution in [1.82, 2.24) is 10.2 Å². The normalized spacial score (nSPS) is 27.3. The summed E-state index contributed by atoms with van der Waals surface area (Å²) >= 11 is 1.82. The summed E-state index contributed by atoms with van der Waals surface area (Å²) in [6.45, 7) is 1.83. The molecule has 1 aromatic rings. The lowest BCUT2D eigenvalue weighted by Gasteiger charge is -2.23. The van der Waals surface area contributed by atoms with E-state index < -0.39 is 0 Å². The van der Waals surface area contributed by atoms with Crippen molar-refractivity contribution in [2.24, 2.45) is 0 Å². The molecular formula is C16H22N2OS. The number of benzene rings is 1. The summed E-state index contributed by atoms with van der Waals surface area (Å²) in [6.07, 6.45) is 3.40. The van der Waals surface area contributed by atoms with Crippen molar-refractivity contribution in [2.75, 3.05) is 24.7 Å². The topological polar surface area (TPSA) is 32.3 Å². The maximum Gasteiger partial charge on any atom is 0.240 e. The van der Waals surface area contributed by atoms with Gasteiger partial charge in [0.05, 0.1) is 6.04 Å². The fraction of sp³-hybridized carbons (Fsp3) is 0.562. The summed E-state index contributed by atoms with van der Waals surface area (Å²) in [6, 6.07) is 10.8. The lowest BCUT2D eigenvalue weighted by Crippen LogP contribution is -2.45. The van der Waals surface area contributed by atoms with Crippen molar-refractivity contribution in [2.45, 2.75) is 31.2 Å². The molecule has 0 saturated carbocycles. The number of thioether (sulfide) groups is 1. The first-order chi connectivity index (χ1) is 9.84. The summed E-state index contributed by atoms with van der Waals surface area (Å²) < 4.78 is 0. The Morgan fingerprint density at radius 3 is 2.80 bits per heavy atom. The van der Waals surface area contributed by atoms with Crippen molar-refractivity contribution >= 4 is 17.7 Å². The molecule has 2 atom stereocenters. The first-order valence-corrected chi connectivity index (χ1v) is 8.65. The van der Waals surface area contributed by atoms with Crippen molar-refractivity contribution in [1.29, 1.82) is 0 Å². The quantitative estimate of drug-likeness (QED) is 0.908. The van der Waals surface area contributed by atoms with Crippen LogP contribution in [0.15, 0.2) is 30.3 Å². The highest BCUT2D eigenvalue weighted by atomic mass is 32.2. The van der Waals surface area contributed by atoms with Gasteiger partial charge >= 0.3 is 0 Å². The molecule has 3 rings (SSSR count).